The van der Waals surface area contributed by atoms with Crippen LogP contribution in [0.4, 0.5) is 19.1 Å². The number of fused-ring (bicyclic) bond motifs is 1. The van der Waals surface area contributed by atoms with Crippen molar-refractivity contribution < 1.29 is 17.9 Å². The average Bonchev–Trinajstić information content (AvgIpc) is 3.37. The van der Waals surface area contributed by atoms with Gasteiger partial charge in [0.2, 0.25) is 5.95 Å². The Kier molecular flexibility index (Phi) is 5.30. The Labute approximate surface area is 187 Å². The first kappa shape index (κ1) is 21.5. The van der Waals surface area contributed by atoms with Crippen molar-refractivity contribution in [1.82, 2.24) is 19.4 Å². The van der Waals surface area contributed by atoms with Crippen molar-refractivity contribution >= 4 is 23.4 Å². The lowest BCUT2D eigenvalue weighted by Crippen LogP contribution is -2.51. The van der Waals surface area contributed by atoms with Crippen LogP contribution in [0.1, 0.15) is 25.5 Å². The fourth-order valence-corrected chi connectivity index (χ4v) is 5.61. The summed E-state index contributed by atoms with van der Waals surface area (Å²) in [6.07, 6.45) is 3.48. The second-order valence-electron chi connectivity index (χ2n) is 8.38. The minimum atomic E-state index is -4.53. The van der Waals surface area contributed by atoms with Crippen LogP contribution in [-0.2, 0) is 10.9 Å². The summed E-state index contributed by atoms with van der Waals surface area (Å²) >= 11 is 0.966. The Morgan fingerprint density at radius 2 is 1.94 bits per heavy atom. The number of anilines is 1. The number of piperidine rings is 1. The number of imidazole rings is 1. The molecular weight excluding hydrogens is 441 g/mol. The molecule has 170 valence electrons. The summed E-state index contributed by atoms with van der Waals surface area (Å²) in [7, 11) is 0. The molecule has 3 aromatic heterocycles. The number of rotatable bonds is 3. The Hall–Kier alpha value is -2.37. The van der Waals surface area contributed by atoms with Gasteiger partial charge >= 0.3 is 6.18 Å². The average molecular weight is 465 g/mol. The summed E-state index contributed by atoms with van der Waals surface area (Å²) in [4.78, 5) is 15.2. The van der Waals surface area contributed by atoms with E-state index in [1.807, 2.05) is 11.3 Å². The third kappa shape index (κ3) is 3.61. The van der Waals surface area contributed by atoms with Gasteiger partial charge in [-0.15, -0.1) is 0 Å². The molecule has 3 aromatic rings. The van der Waals surface area contributed by atoms with Crippen molar-refractivity contribution in [2.24, 2.45) is 11.1 Å². The van der Waals surface area contributed by atoms with Crippen LogP contribution in [0.3, 0.4) is 0 Å². The van der Waals surface area contributed by atoms with Crippen LogP contribution in [0, 0.1) is 5.41 Å². The second kappa shape index (κ2) is 7.89. The molecule has 5 heterocycles. The summed E-state index contributed by atoms with van der Waals surface area (Å²) < 4.78 is 47.7. The highest BCUT2D eigenvalue weighted by atomic mass is 32.2. The molecule has 2 aliphatic rings. The molecule has 5 rings (SSSR count). The SMILES string of the molecule is CC1OCC2(CCN(c3ncc(Sc4cccnc4C(F)(F)F)c4nccn34)CC2)[C@@H]1N. The third-order valence-electron chi connectivity index (χ3n) is 6.52. The highest BCUT2D eigenvalue weighted by Gasteiger charge is 2.47. The molecule has 0 aliphatic carbocycles. The highest BCUT2D eigenvalue weighted by molar-refractivity contribution is 7.99. The predicted molar refractivity (Wildman–Crippen MR) is 114 cm³/mol. The number of alkyl halides is 3. The lowest BCUT2D eigenvalue weighted by molar-refractivity contribution is -0.143. The van der Waals surface area contributed by atoms with E-state index in [0.29, 0.717) is 17.1 Å². The molecule has 0 aromatic carbocycles. The van der Waals surface area contributed by atoms with Crippen molar-refractivity contribution in [3.63, 3.8) is 0 Å². The van der Waals surface area contributed by atoms with Crippen LogP contribution in [0.2, 0.25) is 0 Å². The van der Waals surface area contributed by atoms with E-state index in [9.17, 15) is 13.2 Å². The van der Waals surface area contributed by atoms with Crippen molar-refractivity contribution in [1.29, 1.82) is 0 Å². The van der Waals surface area contributed by atoms with Gasteiger partial charge in [-0.25, -0.2) is 9.97 Å². The Morgan fingerprint density at radius 1 is 1.16 bits per heavy atom. The van der Waals surface area contributed by atoms with E-state index in [1.165, 1.54) is 12.1 Å². The van der Waals surface area contributed by atoms with Gasteiger partial charge in [-0.2, -0.15) is 13.2 Å². The van der Waals surface area contributed by atoms with E-state index < -0.39 is 11.9 Å². The molecule has 2 atom stereocenters. The lowest BCUT2D eigenvalue weighted by Gasteiger charge is -2.41. The molecule has 2 fully saturated rings. The molecule has 2 saturated heterocycles. The number of aromatic nitrogens is 4. The summed E-state index contributed by atoms with van der Waals surface area (Å²) in [5.41, 5.74) is 6.06. The third-order valence-corrected chi connectivity index (χ3v) is 7.58. The van der Waals surface area contributed by atoms with Gasteiger partial charge in [0.1, 0.15) is 0 Å². The van der Waals surface area contributed by atoms with Gasteiger partial charge in [-0.3, -0.25) is 9.38 Å². The number of pyridine rings is 1. The highest BCUT2D eigenvalue weighted by Crippen LogP contribution is 2.43. The molecule has 1 unspecified atom stereocenters. The van der Waals surface area contributed by atoms with E-state index in [-0.39, 0.29) is 22.5 Å². The standard InChI is InChI=1S/C21H23F3N6OS/c1-13-16(25)20(12-31-13)4-8-29(9-5-20)19-28-11-15(18-27-7-10-30(18)19)32-14-3-2-6-26-17(14)21(22,23)24/h2-3,6-7,10-11,13,16H,4-5,8-9,12,25H2,1H3/t13?,16-/m1/s1. The Bertz CT molecular complexity index is 1130. The van der Waals surface area contributed by atoms with Crippen molar-refractivity contribution in [2.45, 2.75) is 47.9 Å². The first-order valence-corrected chi connectivity index (χ1v) is 11.2. The molecule has 1 spiro atoms. The molecular formula is C21H23F3N6OS. The van der Waals surface area contributed by atoms with Gasteiger partial charge in [0.15, 0.2) is 11.3 Å². The predicted octanol–water partition coefficient (Wildman–Crippen LogP) is 3.63. The maximum Gasteiger partial charge on any atom is 0.434 e. The fraction of sp³-hybridized carbons (Fsp3) is 0.476. The van der Waals surface area contributed by atoms with Gasteiger partial charge in [-0.1, -0.05) is 11.8 Å². The van der Waals surface area contributed by atoms with Crippen molar-refractivity contribution in [3.8, 4) is 0 Å². The molecule has 2 N–H and O–H groups in total. The number of hydrogen-bond acceptors (Lipinski definition) is 7. The number of nitrogens with two attached hydrogens (primary N) is 1. The Balaban J connectivity index is 1.41. The van der Waals surface area contributed by atoms with Crippen LogP contribution in [0.15, 0.2) is 46.7 Å². The van der Waals surface area contributed by atoms with E-state index in [0.717, 1.165) is 49.8 Å². The van der Waals surface area contributed by atoms with E-state index in [4.69, 9.17) is 10.5 Å². The van der Waals surface area contributed by atoms with Gasteiger partial charge in [-0.05, 0) is 31.9 Å². The maximum absolute atomic E-state index is 13.4. The monoisotopic (exact) mass is 464 g/mol. The first-order valence-electron chi connectivity index (χ1n) is 10.4. The minimum Gasteiger partial charge on any atom is -0.376 e. The van der Waals surface area contributed by atoms with E-state index >= 15 is 0 Å². The van der Waals surface area contributed by atoms with E-state index in [2.05, 4.69) is 19.9 Å². The summed E-state index contributed by atoms with van der Waals surface area (Å²) in [5.74, 6) is 0.722. The van der Waals surface area contributed by atoms with Gasteiger partial charge in [0.25, 0.3) is 0 Å². The quantitative estimate of drug-likeness (QED) is 0.634. The number of nitrogens with zero attached hydrogens (tertiary/aromatic N) is 5. The zero-order chi connectivity index (χ0) is 22.5. The molecule has 0 bridgehead atoms. The summed E-state index contributed by atoms with van der Waals surface area (Å²) in [6, 6.07) is 2.92. The zero-order valence-electron chi connectivity index (χ0n) is 17.4. The summed E-state index contributed by atoms with van der Waals surface area (Å²) in [5, 5.41) is 0. The summed E-state index contributed by atoms with van der Waals surface area (Å²) in [6.45, 7) is 4.25. The van der Waals surface area contributed by atoms with Crippen molar-refractivity contribution in [3.05, 3.63) is 42.6 Å². The van der Waals surface area contributed by atoms with Gasteiger partial charge < -0.3 is 15.4 Å². The molecule has 11 heteroatoms. The zero-order valence-corrected chi connectivity index (χ0v) is 18.2. The largest absolute Gasteiger partial charge is 0.434 e. The van der Waals surface area contributed by atoms with Gasteiger partial charge in [0.05, 0.1) is 17.6 Å². The fourth-order valence-electron chi connectivity index (χ4n) is 4.62. The number of hydrogen-bond donors (Lipinski definition) is 1. The van der Waals surface area contributed by atoms with Crippen LogP contribution in [0.5, 0.6) is 0 Å². The van der Waals surface area contributed by atoms with E-state index in [1.54, 1.807) is 18.6 Å². The molecule has 7 nitrogen and oxygen atoms in total. The Morgan fingerprint density at radius 3 is 2.62 bits per heavy atom. The molecule has 0 radical (unpaired) electrons. The molecule has 0 amide bonds. The topological polar surface area (TPSA) is 81.6 Å². The number of halogens is 3. The van der Waals surface area contributed by atoms with Crippen LogP contribution in [-0.4, -0.2) is 51.2 Å². The maximum atomic E-state index is 13.4. The molecule has 0 saturated carbocycles. The second-order valence-corrected chi connectivity index (χ2v) is 9.47. The normalized spacial score (nSPS) is 23.3. The minimum absolute atomic E-state index is 0.00589. The lowest BCUT2D eigenvalue weighted by atomic mass is 9.73. The number of ether oxygens (including phenoxy) is 1. The van der Waals surface area contributed by atoms with Crippen LogP contribution < -0.4 is 10.6 Å². The molecule has 2 aliphatic heterocycles. The first-order chi connectivity index (χ1) is 15.3. The smallest absolute Gasteiger partial charge is 0.376 e. The van der Waals surface area contributed by atoms with Gasteiger partial charge in [0, 0.05) is 54.2 Å². The van der Waals surface area contributed by atoms with Crippen LogP contribution in [0.25, 0.3) is 5.65 Å². The molecule has 32 heavy (non-hydrogen) atoms. The van der Waals surface area contributed by atoms with Crippen LogP contribution >= 0.6 is 11.8 Å². The van der Waals surface area contributed by atoms with Crippen molar-refractivity contribution in [2.75, 3.05) is 24.6 Å².